The number of hydrogen-bond donors (Lipinski definition) is 0. The van der Waals surface area contributed by atoms with E-state index in [0.717, 1.165) is 25.2 Å². The van der Waals surface area contributed by atoms with Crippen molar-refractivity contribution in [1.82, 2.24) is 0 Å². The number of hydrogen-bond acceptors (Lipinski definition) is 2. The van der Waals surface area contributed by atoms with Crippen molar-refractivity contribution in [2.75, 3.05) is 6.61 Å². The van der Waals surface area contributed by atoms with Crippen LogP contribution in [0.2, 0.25) is 0 Å². The molecule has 0 aliphatic carbocycles. The van der Waals surface area contributed by atoms with Crippen LogP contribution < -0.4 is 0 Å². The molecule has 0 saturated heterocycles. The van der Waals surface area contributed by atoms with E-state index in [0.29, 0.717) is 13.0 Å². The van der Waals surface area contributed by atoms with E-state index in [1.807, 2.05) is 0 Å². The lowest BCUT2D eigenvalue weighted by molar-refractivity contribution is -0.143. The third kappa shape index (κ3) is 39.4. The molecule has 0 aliphatic rings. The summed E-state index contributed by atoms with van der Waals surface area (Å²) >= 11 is 0. The Balaban J connectivity index is 3.15. The summed E-state index contributed by atoms with van der Waals surface area (Å²) in [5.41, 5.74) is 0. The van der Waals surface area contributed by atoms with Gasteiger partial charge in [-0.25, -0.2) is 0 Å². The lowest BCUT2D eigenvalue weighted by Crippen LogP contribution is -2.05. The molecule has 0 rings (SSSR count). The third-order valence-electron chi connectivity index (χ3n) is 10.2. The predicted molar refractivity (Wildman–Crippen MR) is 207 cm³/mol. The molecule has 1 unspecified atom stereocenters. The van der Waals surface area contributed by atoms with E-state index >= 15 is 0 Å². The predicted octanol–water partition coefficient (Wildman–Crippen LogP) is 15.8. The number of esters is 1. The Labute approximate surface area is 291 Å². The summed E-state index contributed by atoms with van der Waals surface area (Å²) in [5.74, 6) is 0.954. The van der Waals surface area contributed by atoms with E-state index in [2.05, 4.69) is 32.9 Å². The average molecular weight is 647 g/mol. The van der Waals surface area contributed by atoms with Crippen LogP contribution in [0, 0.1) is 5.92 Å². The number of carbonyl (C=O) groups is 1. The molecule has 0 aromatic carbocycles. The molecule has 1 atom stereocenters. The van der Waals surface area contributed by atoms with Gasteiger partial charge in [-0.3, -0.25) is 4.79 Å². The van der Waals surface area contributed by atoms with Gasteiger partial charge in [-0.05, 0) is 38.0 Å². The first-order chi connectivity index (χ1) is 22.7. The second-order valence-electron chi connectivity index (χ2n) is 14.9. The van der Waals surface area contributed by atoms with Crippen LogP contribution in [0.4, 0.5) is 0 Å². The molecule has 0 spiro atoms. The first-order valence-electron chi connectivity index (χ1n) is 21.5. The molecule has 2 heteroatoms. The second-order valence-corrected chi connectivity index (χ2v) is 14.9. The quantitative estimate of drug-likeness (QED) is 0.0377. The summed E-state index contributed by atoms with van der Waals surface area (Å²) < 4.78 is 5.44. The van der Waals surface area contributed by atoms with Gasteiger partial charge in [0, 0.05) is 6.42 Å². The zero-order chi connectivity index (χ0) is 33.4. The molecule has 2 nitrogen and oxygen atoms in total. The van der Waals surface area contributed by atoms with Gasteiger partial charge in [0.05, 0.1) is 6.61 Å². The van der Waals surface area contributed by atoms with Crippen molar-refractivity contribution < 1.29 is 9.53 Å². The average Bonchev–Trinajstić information content (AvgIpc) is 3.06. The lowest BCUT2D eigenvalue weighted by atomic mass is 9.99. The van der Waals surface area contributed by atoms with Crippen LogP contribution >= 0.6 is 0 Å². The molecule has 0 amide bonds. The SMILES string of the molecule is CCCC/C=C\CCCCCCCC(=O)OCCCCCCCCCCCCCCCCCCCCCCCCCCC(C)CC. The number of rotatable bonds is 39. The minimum atomic E-state index is 0.0171. The number of carbonyl (C=O) groups excluding carboxylic acids is 1. The van der Waals surface area contributed by atoms with Crippen LogP contribution in [0.3, 0.4) is 0 Å². The standard InChI is InChI=1S/C44H86O2/c1-4-6-7-8-9-10-25-29-32-35-38-41-44(45)46-42-39-36-33-30-27-24-22-20-18-16-14-12-11-13-15-17-19-21-23-26-28-31-34-37-40-43(3)5-2/h8-9,43H,4-7,10-42H2,1-3H3/b9-8-. The largest absolute Gasteiger partial charge is 0.466 e. The Hall–Kier alpha value is -0.790. The monoisotopic (exact) mass is 647 g/mol. The summed E-state index contributed by atoms with van der Waals surface area (Å²) in [6.07, 6.45) is 53.1. The highest BCUT2D eigenvalue weighted by molar-refractivity contribution is 5.69. The van der Waals surface area contributed by atoms with Gasteiger partial charge in [-0.15, -0.1) is 0 Å². The molecule has 0 aliphatic heterocycles. The Morgan fingerprint density at radius 3 is 1.22 bits per heavy atom. The Kier molecular flexibility index (Phi) is 39.7. The fourth-order valence-corrected chi connectivity index (χ4v) is 6.57. The Morgan fingerprint density at radius 2 is 0.804 bits per heavy atom. The van der Waals surface area contributed by atoms with Gasteiger partial charge in [0.25, 0.3) is 0 Å². The normalized spacial score (nSPS) is 12.3. The van der Waals surface area contributed by atoms with Crippen molar-refractivity contribution in [3.8, 4) is 0 Å². The van der Waals surface area contributed by atoms with Crippen molar-refractivity contribution in [1.29, 1.82) is 0 Å². The maximum absolute atomic E-state index is 11.9. The van der Waals surface area contributed by atoms with Gasteiger partial charge in [0.1, 0.15) is 0 Å². The topological polar surface area (TPSA) is 26.3 Å². The molecule has 0 N–H and O–H groups in total. The van der Waals surface area contributed by atoms with E-state index in [1.54, 1.807) is 0 Å². The molecule has 0 aromatic rings. The zero-order valence-corrected chi connectivity index (χ0v) is 32.2. The summed E-state index contributed by atoms with van der Waals surface area (Å²) in [6, 6.07) is 0. The number of unbranched alkanes of at least 4 members (excludes halogenated alkanes) is 30. The maximum atomic E-state index is 11.9. The summed E-state index contributed by atoms with van der Waals surface area (Å²) in [7, 11) is 0. The van der Waals surface area contributed by atoms with Crippen molar-refractivity contribution in [2.45, 2.75) is 252 Å². The maximum Gasteiger partial charge on any atom is 0.305 e. The minimum Gasteiger partial charge on any atom is -0.466 e. The van der Waals surface area contributed by atoms with E-state index < -0.39 is 0 Å². The summed E-state index contributed by atoms with van der Waals surface area (Å²) in [5, 5.41) is 0. The zero-order valence-electron chi connectivity index (χ0n) is 32.2. The highest BCUT2D eigenvalue weighted by Crippen LogP contribution is 2.17. The summed E-state index contributed by atoms with van der Waals surface area (Å²) in [6.45, 7) is 7.59. The molecule has 46 heavy (non-hydrogen) atoms. The highest BCUT2D eigenvalue weighted by Gasteiger charge is 2.03. The lowest BCUT2D eigenvalue weighted by Gasteiger charge is -2.07. The Morgan fingerprint density at radius 1 is 0.457 bits per heavy atom. The van der Waals surface area contributed by atoms with Gasteiger partial charge >= 0.3 is 5.97 Å². The van der Waals surface area contributed by atoms with E-state index in [4.69, 9.17) is 4.74 Å². The fraction of sp³-hybridized carbons (Fsp3) is 0.932. The molecular formula is C44H86O2. The van der Waals surface area contributed by atoms with Crippen LogP contribution in [-0.2, 0) is 9.53 Å². The molecule has 0 bridgehead atoms. The van der Waals surface area contributed by atoms with E-state index in [9.17, 15) is 4.79 Å². The van der Waals surface area contributed by atoms with Crippen LogP contribution in [0.25, 0.3) is 0 Å². The van der Waals surface area contributed by atoms with Crippen LogP contribution in [-0.4, -0.2) is 12.6 Å². The van der Waals surface area contributed by atoms with Gasteiger partial charge in [0.2, 0.25) is 0 Å². The third-order valence-corrected chi connectivity index (χ3v) is 10.2. The molecular weight excluding hydrogens is 560 g/mol. The molecule has 274 valence electrons. The first kappa shape index (κ1) is 45.2. The van der Waals surface area contributed by atoms with E-state index in [-0.39, 0.29) is 5.97 Å². The van der Waals surface area contributed by atoms with E-state index in [1.165, 1.54) is 205 Å². The van der Waals surface area contributed by atoms with Crippen molar-refractivity contribution in [3.05, 3.63) is 12.2 Å². The van der Waals surface area contributed by atoms with Gasteiger partial charge in [-0.1, -0.05) is 226 Å². The summed E-state index contributed by atoms with van der Waals surface area (Å²) in [4.78, 5) is 11.9. The molecule has 0 aromatic heterocycles. The fourth-order valence-electron chi connectivity index (χ4n) is 6.57. The smallest absolute Gasteiger partial charge is 0.305 e. The molecule has 0 fully saturated rings. The minimum absolute atomic E-state index is 0.0171. The number of allylic oxidation sites excluding steroid dienone is 2. The number of ether oxygens (including phenoxy) is 1. The van der Waals surface area contributed by atoms with Crippen molar-refractivity contribution >= 4 is 5.97 Å². The molecule has 0 heterocycles. The van der Waals surface area contributed by atoms with Gasteiger partial charge in [-0.2, -0.15) is 0 Å². The van der Waals surface area contributed by atoms with Crippen LogP contribution in [0.1, 0.15) is 252 Å². The van der Waals surface area contributed by atoms with Crippen LogP contribution in [0.15, 0.2) is 12.2 Å². The van der Waals surface area contributed by atoms with Gasteiger partial charge < -0.3 is 4.74 Å². The van der Waals surface area contributed by atoms with Crippen molar-refractivity contribution in [3.63, 3.8) is 0 Å². The van der Waals surface area contributed by atoms with Crippen LogP contribution in [0.5, 0.6) is 0 Å². The Bertz CT molecular complexity index is 597. The first-order valence-corrected chi connectivity index (χ1v) is 21.5. The van der Waals surface area contributed by atoms with Crippen molar-refractivity contribution in [2.24, 2.45) is 5.92 Å². The van der Waals surface area contributed by atoms with Gasteiger partial charge in [0.15, 0.2) is 0 Å². The molecule has 0 radical (unpaired) electrons. The second kappa shape index (κ2) is 40.4. The molecule has 0 saturated carbocycles. The highest BCUT2D eigenvalue weighted by atomic mass is 16.5.